The number of hydrogen-bond acceptors (Lipinski definition) is 4. The Labute approximate surface area is 209 Å². The van der Waals surface area contributed by atoms with Crippen LogP contribution in [0.25, 0.3) is 38.4 Å². The van der Waals surface area contributed by atoms with Crippen LogP contribution >= 0.6 is 0 Å². The molecule has 4 aromatic carbocycles. The van der Waals surface area contributed by atoms with E-state index >= 15 is 0 Å². The molecule has 0 bridgehead atoms. The molecule has 1 N–H and O–H groups in total. The monoisotopic (exact) mass is 475 g/mol. The van der Waals surface area contributed by atoms with Gasteiger partial charge in [0.1, 0.15) is 11.3 Å². The third kappa shape index (κ3) is 4.39. The number of nitrogens with one attached hydrogen (secondary N) is 1. The topological polar surface area (TPSA) is 68.5 Å². The maximum atomic E-state index is 12.8. The molecule has 5 rings (SSSR count). The lowest BCUT2D eigenvalue weighted by atomic mass is 9.96. The fraction of sp³-hybridized carbons (Fsp3) is 0.0968. The number of rotatable bonds is 6. The van der Waals surface area contributed by atoms with Crippen molar-refractivity contribution in [3.05, 3.63) is 102 Å². The number of allylic oxidation sites excluding steroid dienone is 1. The van der Waals surface area contributed by atoms with E-state index in [1.807, 2.05) is 37.3 Å². The molecule has 0 aliphatic heterocycles. The van der Waals surface area contributed by atoms with Gasteiger partial charge in [-0.3, -0.25) is 9.59 Å². The van der Waals surface area contributed by atoms with Gasteiger partial charge in [-0.05, 0) is 54.0 Å². The Morgan fingerprint density at radius 3 is 2.44 bits per heavy atom. The van der Waals surface area contributed by atoms with E-state index in [9.17, 15) is 9.59 Å². The average molecular weight is 476 g/mol. The molecule has 1 aromatic heterocycles. The minimum atomic E-state index is -0.295. The van der Waals surface area contributed by atoms with E-state index in [-0.39, 0.29) is 11.7 Å². The van der Waals surface area contributed by atoms with Gasteiger partial charge in [-0.2, -0.15) is 0 Å². The zero-order chi connectivity index (χ0) is 25.2. The number of anilines is 1. The zero-order valence-corrected chi connectivity index (χ0v) is 20.3. The number of amides is 1. The zero-order valence-electron chi connectivity index (χ0n) is 20.3. The normalized spacial score (nSPS) is 11.6. The van der Waals surface area contributed by atoms with Crippen LogP contribution in [0.5, 0.6) is 5.75 Å². The standard InChI is InChI=1S/C31H25NO4/c1-19(14-31(34)32-23-11-6-10-22(15-23)20(2)33)26-16-27-28(18-36-30(27)17-29(26)35-3)25-13-7-9-21-8-4-5-12-24(21)25/h4-18H,1-3H3,(H,32,34)/b19-14+. The van der Waals surface area contributed by atoms with Crippen LogP contribution in [0.2, 0.25) is 0 Å². The van der Waals surface area contributed by atoms with Gasteiger partial charge in [0.25, 0.3) is 0 Å². The number of ketones is 1. The van der Waals surface area contributed by atoms with Crippen LogP contribution in [0.1, 0.15) is 29.8 Å². The molecule has 0 saturated heterocycles. The second kappa shape index (κ2) is 9.55. The van der Waals surface area contributed by atoms with Crippen LogP contribution in [0.15, 0.2) is 95.6 Å². The summed E-state index contributed by atoms with van der Waals surface area (Å²) in [5.74, 6) is 0.260. The molecule has 5 nitrogen and oxygen atoms in total. The van der Waals surface area contributed by atoms with Crippen molar-refractivity contribution in [3.63, 3.8) is 0 Å². The number of methoxy groups -OCH3 is 1. The molecule has 0 fully saturated rings. The second-order valence-corrected chi connectivity index (χ2v) is 8.68. The highest BCUT2D eigenvalue weighted by Crippen LogP contribution is 2.39. The molecule has 5 aromatic rings. The molecular weight excluding hydrogens is 450 g/mol. The number of carbonyl (C=O) groups is 2. The number of furan rings is 1. The minimum absolute atomic E-state index is 0.0574. The molecule has 5 heteroatoms. The highest BCUT2D eigenvalue weighted by molar-refractivity contribution is 6.08. The van der Waals surface area contributed by atoms with Gasteiger partial charge in [-0.15, -0.1) is 0 Å². The molecule has 1 amide bonds. The molecule has 0 radical (unpaired) electrons. The van der Waals surface area contributed by atoms with Crippen LogP contribution in [-0.2, 0) is 4.79 Å². The lowest BCUT2D eigenvalue weighted by molar-refractivity contribution is -0.111. The van der Waals surface area contributed by atoms with Gasteiger partial charge in [-0.1, -0.05) is 54.6 Å². The molecule has 36 heavy (non-hydrogen) atoms. The summed E-state index contributed by atoms with van der Waals surface area (Å²) in [4.78, 5) is 24.5. The van der Waals surface area contributed by atoms with Gasteiger partial charge >= 0.3 is 0 Å². The van der Waals surface area contributed by atoms with Crippen molar-refractivity contribution >= 4 is 44.7 Å². The lowest BCUT2D eigenvalue weighted by Gasteiger charge is -2.11. The smallest absolute Gasteiger partial charge is 0.248 e. The van der Waals surface area contributed by atoms with Crippen molar-refractivity contribution < 1.29 is 18.7 Å². The Morgan fingerprint density at radius 2 is 1.64 bits per heavy atom. The number of hydrogen-bond donors (Lipinski definition) is 1. The maximum absolute atomic E-state index is 12.8. The summed E-state index contributed by atoms with van der Waals surface area (Å²) in [7, 11) is 1.60. The number of carbonyl (C=O) groups excluding carboxylic acids is 2. The van der Waals surface area contributed by atoms with Crippen molar-refractivity contribution in [3.8, 4) is 16.9 Å². The van der Waals surface area contributed by atoms with Gasteiger partial charge in [0.15, 0.2) is 5.78 Å². The number of Topliss-reactive ketones (excluding diaryl/α,β-unsaturated/α-hetero) is 1. The predicted molar refractivity (Wildman–Crippen MR) is 144 cm³/mol. The molecule has 0 spiro atoms. The Morgan fingerprint density at radius 1 is 0.861 bits per heavy atom. The van der Waals surface area contributed by atoms with Crippen LogP contribution in [0.4, 0.5) is 5.69 Å². The quantitative estimate of drug-likeness (QED) is 0.204. The van der Waals surface area contributed by atoms with Crippen molar-refractivity contribution in [2.75, 3.05) is 12.4 Å². The minimum Gasteiger partial charge on any atom is -0.496 e. The van der Waals surface area contributed by atoms with Crippen LogP contribution in [-0.4, -0.2) is 18.8 Å². The Balaban J connectivity index is 1.54. The van der Waals surface area contributed by atoms with E-state index in [0.29, 0.717) is 22.6 Å². The van der Waals surface area contributed by atoms with Gasteiger partial charge in [0, 0.05) is 39.9 Å². The van der Waals surface area contributed by atoms with E-state index in [1.165, 1.54) is 13.0 Å². The fourth-order valence-corrected chi connectivity index (χ4v) is 4.47. The summed E-state index contributed by atoms with van der Waals surface area (Å²) in [6.07, 6.45) is 3.30. The Bertz CT molecular complexity index is 1650. The first-order valence-corrected chi connectivity index (χ1v) is 11.6. The molecule has 0 unspecified atom stereocenters. The first-order valence-electron chi connectivity index (χ1n) is 11.6. The van der Waals surface area contributed by atoms with Crippen molar-refractivity contribution in [2.24, 2.45) is 0 Å². The van der Waals surface area contributed by atoms with Crippen molar-refractivity contribution in [2.45, 2.75) is 13.8 Å². The van der Waals surface area contributed by atoms with Gasteiger partial charge in [-0.25, -0.2) is 0 Å². The molecular formula is C31H25NO4. The molecule has 1 heterocycles. The summed E-state index contributed by atoms with van der Waals surface area (Å²) >= 11 is 0. The van der Waals surface area contributed by atoms with E-state index in [0.717, 1.165) is 38.4 Å². The first-order chi connectivity index (χ1) is 17.4. The summed E-state index contributed by atoms with van der Waals surface area (Å²) < 4.78 is 11.5. The Hall–Kier alpha value is -4.64. The molecule has 0 atom stereocenters. The third-order valence-electron chi connectivity index (χ3n) is 6.28. The van der Waals surface area contributed by atoms with Gasteiger partial charge in [0.2, 0.25) is 5.91 Å². The van der Waals surface area contributed by atoms with E-state index in [4.69, 9.17) is 9.15 Å². The van der Waals surface area contributed by atoms with E-state index in [1.54, 1.807) is 37.6 Å². The highest BCUT2D eigenvalue weighted by atomic mass is 16.5. The predicted octanol–water partition coefficient (Wildman–Crippen LogP) is 7.51. The number of fused-ring (bicyclic) bond motifs is 2. The summed E-state index contributed by atoms with van der Waals surface area (Å²) in [5, 5.41) is 6.06. The largest absolute Gasteiger partial charge is 0.496 e. The van der Waals surface area contributed by atoms with E-state index in [2.05, 4.69) is 29.6 Å². The SMILES string of the molecule is COc1cc2occ(-c3cccc4ccccc34)c2cc1/C(C)=C/C(=O)Nc1cccc(C(C)=O)c1. The third-order valence-corrected chi connectivity index (χ3v) is 6.28. The maximum Gasteiger partial charge on any atom is 0.248 e. The van der Waals surface area contributed by atoms with Crippen molar-refractivity contribution in [1.29, 1.82) is 0 Å². The molecule has 0 saturated carbocycles. The average Bonchev–Trinajstić information content (AvgIpc) is 3.30. The number of benzene rings is 4. The highest BCUT2D eigenvalue weighted by Gasteiger charge is 2.16. The summed E-state index contributed by atoms with van der Waals surface area (Å²) in [6.45, 7) is 3.36. The molecule has 178 valence electrons. The fourth-order valence-electron chi connectivity index (χ4n) is 4.47. The van der Waals surface area contributed by atoms with E-state index < -0.39 is 0 Å². The van der Waals surface area contributed by atoms with Gasteiger partial charge < -0.3 is 14.5 Å². The van der Waals surface area contributed by atoms with Gasteiger partial charge in [0.05, 0.1) is 13.4 Å². The summed E-state index contributed by atoms with van der Waals surface area (Å²) in [6, 6.07) is 25.2. The lowest BCUT2D eigenvalue weighted by Crippen LogP contribution is -2.09. The van der Waals surface area contributed by atoms with Crippen LogP contribution < -0.4 is 10.1 Å². The second-order valence-electron chi connectivity index (χ2n) is 8.68. The number of ether oxygens (including phenoxy) is 1. The first kappa shape index (κ1) is 23.1. The molecule has 0 aliphatic carbocycles. The molecule has 0 aliphatic rings. The summed E-state index contributed by atoms with van der Waals surface area (Å²) in [5.41, 5.74) is 5.39. The Kier molecular flexibility index (Phi) is 6.13. The van der Waals surface area contributed by atoms with Crippen molar-refractivity contribution in [1.82, 2.24) is 0 Å². The van der Waals surface area contributed by atoms with Crippen LogP contribution in [0.3, 0.4) is 0 Å². The van der Waals surface area contributed by atoms with Crippen LogP contribution in [0, 0.1) is 0 Å².